The van der Waals surface area contributed by atoms with Gasteiger partial charge in [0, 0.05) is 0 Å². The zero-order valence-electron chi connectivity index (χ0n) is 13.9. The average Bonchev–Trinajstić information content (AvgIpc) is 3.16. The van der Waals surface area contributed by atoms with E-state index in [1.54, 1.807) is 11.0 Å². The molecule has 1 aromatic carbocycles. The molecule has 3 atom stereocenters. The third kappa shape index (κ3) is 3.76. The van der Waals surface area contributed by atoms with E-state index in [9.17, 15) is 14.7 Å². The lowest BCUT2D eigenvalue weighted by molar-refractivity contribution is -0.147. The zero-order valence-corrected chi connectivity index (χ0v) is 13.9. The van der Waals surface area contributed by atoms with Gasteiger partial charge in [-0.05, 0) is 37.5 Å². The molecule has 3 rings (SSSR count). The molecule has 7 heteroatoms. The van der Waals surface area contributed by atoms with Crippen LogP contribution in [-0.4, -0.2) is 31.7 Å². The van der Waals surface area contributed by atoms with Crippen LogP contribution >= 0.6 is 0 Å². The van der Waals surface area contributed by atoms with Crippen molar-refractivity contribution in [3.05, 3.63) is 54.6 Å². The Morgan fingerprint density at radius 1 is 1.20 bits per heavy atom. The molecular weight excluding hydrogens is 320 g/mol. The number of amides is 1. The van der Waals surface area contributed by atoms with Crippen molar-refractivity contribution in [3.8, 4) is 5.69 Å². The molecule has 1 aromatic heterocycles. The Balaban J connectivity index is 1.67. The van der Waals surface area contributed by atoms with Gasteiger partial charge in [0.1, 0.15) is 12.7 Å². The molecule has 0 fully saturated rings. The molecule has 0 unspecified atom stereocenters. The van der Waals surface area contributed by atoms with Crippen molar-refractivity contribution in [3.63, 3.8) is 0 Å². The minimum absolute atomic E-state index is 0.211. The second kappa shape index (κ2) is 7.29. The number of hydrogen-bond acceptors (Lipinski definition) is 4. The van der Waals surface area contributed by atoms with E-state index < -0.39 is 17.8 Å². The summed E-state index contributed by atoms with van der Waals surface area (Å²) in [5.74, 6) is -2.33. The fourth-order valence-corrected chi connectivity index (χ4v) is 3.04. The van der Waals surface area contributed by atoms with E-state index in [4.69, 9.17) is 0 Å². The summed E-state index contributed by atoms with van der Waals surface area (Å²) in [5, 5.41) is 16.3. The molecule has 0 saturated carbocycles. The summed E-state index contributed by atoms with van der Waals surface area (Å²) in [5.41, 5.74) is 1.82. The molecule has 2 N–H and O–H groups in total. The van der Waals surface area contributed by atoms with Crippen LogP contribution in [0.4, 0.5) is 0 Å². The quantitative estimate of drug-likeness (QED) is 0.813. The number of benzene rings is 1. The maximum absolute atomic E-state index is 12.5. The topological polar surface area (TPSA) is 97.1 Å². The van der Waals surface area contributed by atoms with Crippen LogP contribution in [0.3, 0.4) is 0 Å². The van der Waals surface area contributed by atoms with Crippen molar-refractivity contribution < 1.29 is 14.7 Å². The Morgan fingerprint density at radius 2 is 1.88 bits per heavy atom. The first-order valence-corrected chi connectivity index (χ1v) is 8.19. The normalized spacial score (nSPS) is 20.8. The summed E-state index contributed by atoms with van der Waals surface area (Å²) in [6.45, 7) is 1.89. The van der Waals surface area contributed by atoms with E-state index >= 15 is 0 Å². The minimum atomic E-state index is -0.922. The molecule has 25 heavy (non-hydrogen) atoms. The van der Waals surface area contributed by atoms with E-state index in [0.29, 0.717) is 12.8 Å². The van der Waals surface area contributed by atoms with Gasteiger partial charge in [0.2, 0.25) is 5.91 Å². The fraction of sp³-hybridized carbons (Fsp3) is 0.333. The Hall–Kier alpha value is -2.96. The average molecular weight is 340 g/mol. The van der Waals surface area contributed by atoms with Crippen LogP contribution < -0.4 is 5.32 Å². The van der Waals surface area contributed by atoms with Gasteiger partial charge in [0.05, 0.1) is 23.6 Å². The van der Waals surface area contributed by atoms with Crippen molar-refractivity contribution in [2.24, 2.45) is 11.8 Å². The summed E-state index contributed by atoms with van der Waals surface area (Å²) in [7, 11) is 0. The van der Waals surface area contributed by atoms with E-state index in [1.807, 2.05) is 43.3 Å². The van der Waals surface area contributed by atoms with Crippen LogP contribution in [0.15, 0.2) is 49.1 Å². The van der Waals surface area contributed by atoms with Crippen LogP contribution in [0, 0.1) is 11.8 Å². The smallest absolute Gasteiger partial charge is 0.307 e. The third-order valence-electron chi connectivity index (χ3n) is 4.52. The van der Waals surface area contributed by atoms with Crippen LogP contribution in [0.25, 0.3) is 5.69 Å². The number of aromatic nitrogens is 3. The first kappa shape index (κ1) is 16.9. The maximum atomic E-state index is 12.5. The van der Waals surface area contributed by atoms with Crippen molar-refractivity contribution in [1.29, 1.82) is 0 Å². The second-order valence-corrected chi connectivity index (χ2v) is 6.16. The summed E-state index contributed by atoms with van der Waals surface area (Å²) in [4.78, 5) is 27.8. The molecule has 1 aliphatic carbocycles. The number of carbonyl (C=O) groups excluding carboxylic acids is 1. The number of carboxylic acids is 1. The predicted molar refractivity (Wildman–Crippen MR) is 90.9 cm³/mol. The van der Waals surface area contributed by atoms with Crippen molar-refractivity contribution in [2.75, 3.05) is 0 Å². The van der Waals surface area contributed by atoms with Crippen LogP contribution in [0.2, 0.25) is 0 Å². The first-order chi connectivity index (χ1) is 12.1. The van der Waals surface area contributed by atoms with Crippen LogP contribution in [-0.2, 0) is 9.59 Å². The predicted octanol–water partition coefficient (Wildman–Crippen LogP) is 2.11. The van der Waals surface area contributed by atoms with E-state index in [2.05, 4.69) is 15.4 Å². The van der Waals surface area contributed by atoms with Gasteiger partial charge in [0.25, 0.3) is 0 Å². The number of allylic oxidation sites excluding steroid dienone is 2. The van der Waals surface area contributed by atoms with E-state index in [-0.39, 0.29) is 11.9 Å². The molecule has 0 spiro atoms. The molecule has 1 heterocycles. The lowest BCUT2D eigenvalue weighted by Gasteiger charge is -2.26. The van der Waals surface area contributed by atoms with Gasteiger partial charge in [-0.2, -0.15) is 5.10 Å². The summed E-state index contributed by atoms with van der Waals surface area (Å²) < 4.78 is 1.65. The first-order valence-electron chi connectivity index (χ1n) is 8.19. The molecule has 130 valence electrons. The molecule has 1 aliphatic rings. The molecule has 0 radical (unpaired) electrons. The molecule has 2 aromatic rings. The third-order valence-corrected chi connectivity index (χ3v) is 4.52. The molecular formula is C18H20N4O3. The van der Waals surface area contributed by atoms with Gasteiger partial charge in [-0.1, -0.05) is 24.3 Å². The zero-order chi connectivity index (χ0) is 17.8. The number of nitrogens with zero attached hydrogens (tertiary/aromatic N) is 3. The lowest BCUT2D eigenvalue weighted by atomic mass is 9.82. The second-order valence-electron chi connectivity index (χ2n) is 6.16. The monoisotopic (exact) mass is 340 g/mol. The number of rotatable bonds is 5. The maximum Gasteiger partial charge on any atom is 0.307 e. The Kier molecular flexibility index (Phi) is 4.92. The van der Waals surface area contributed by atoms with Crippen molar-refractivity contribution in [1.82, 2.24) is 20.1 Å². The van der Waals surface area contributed by atoms with Crippen LogP contribution in [0.1, 0.15) is 31.4 Å². The highest BCUT2D eigenvalue weighted by molar-refractivity contribution is 5.85. The van der Waals surface area contributed by atoms with Gasteiger partial charge in [-0.3, -0.25) is 9.59 Å². The summed E-state index contributed by atoms with van der Waals surface area (Å²) in [6.07, 6.45) is 7.64. The molecule has 0 aliphatic heterocycles. The van der Waals surface area contributed by atoms with Gasteiger partial charge >= 0.3 is 5.97 Å². The van der Waals surface area contributed by atoms with Crippen molar-refractivity contribution in [2.45, 2.75) is 25.8 Å². The van der Waals surface area contributed by atoms with Gasteiger partial charge in [-0.25, -0.2) is 9.67 Å². The van der Waals surface area contributed by atoms with E-state index in [0.717, 1.165) is 11.3 Å². The van der Waals surface area contributed by atoms with Gasteiger partial charge in [0.15, 0.2) is 0 Å². The standard InChI is InChI=1S/C18H20N4O3/c1-12(13-6-8-14(9-7-13)22-11-19-10-20-22)21-17(23)15-4-2-3-5-16(15)18(24)25/h2-3,6-12,15-16H,4-5H2,1H3,(H,21,23)(H,24,25)/t12-,15+,16-/m0/s1. The molecule has 0 saturated heterocycles. The van der Waals surface area contributed by atoms with Crippen molar-refractivity contribution >= 4 is 11.9 Å². The Morgan fingerprint density at radius 3 is 2.48 bits per heavy atom. The highest BCUT2D eigenvalue weighted by atomic mass is 16.4. The minimum Gasteiger partial charge on any atom is -0.481 e. The molecule has 0 bridgehead atoms. The molecule has 7 nitrogen and oxygen atoms in total. The lowest BCUT2D eigenvalue weighted by Crippen LogP contribution is -2.39. The molecule has 1 amide bonds. The van der Waals surface area contributed by atoms with E-state index in [1.165, 1.54) is 6.33 Å². The van der Waals surface area contributed by atoms with Crippen LogP contribution in [0.5, 0.6) is 0 Å². The number of carbonyl (C=O) groups is 2. The fourth-order valence-electron chi connectivity index (χ4n) is 3.04. The number of carboxylic acid groups (broad SMARTS) is 1. The summed E-state index contributed by atoms with van der Waals surface area (Å²) in [6, 6.07) is 7.42. The number of hydrogen-bond donors (Lipinski definition) is 2. The highest BCUT2D eigenvalue weighted by Gasteiger charge is 2.34. The SMILES string of the molecule is C[C@H](NC(=O)[C@@H]1CC=CC[C@@H]1C(=O)O)c1ccc(-n2cncn2)cc1. The Labute approximate surface area is 145 Å². The highest BCUT2D eigenvalue weighted by Crippen LogP contribution is 2.27. The van der Waals surface area contributed by atoms with Gasteiger partial charge < -0.3 is 10.4 Å². The number of nitrogens with one attached hydrogen (secondary N) is 1. The van der Waals surface area contributed by atoms with Gasteiger partial charge in [-0.15, -0.1) is 0 Å². The Bertz CT molecular complexity index is 768. The largest absolute Gasteiger partial charge is 0.481 e. The summed E-state index contributed by atoms with van der Waals surface area (Å²) >= 11 is 0. The number of aliphatic carboxylic acids is 1.